The summed E-state index contributed by atoms with van der Waals surface area (Å²) in [5.74, 6) is 0.388. The van der Waals surface area contributed by atoms with E-state index in [9.17, 15) is 9.59 Å². The SMILES string of the molecule is CCOC(=O)CCN(CCCS)CCC(=O)OCC. The highest BCUT2D eigenvalue weighted by Gasteiger charge is 2.11. The van der Waals surface area contributed by atoms with E-state index in [1.165, 1.54) is 0 Å². The summed E-state index contributed by atoms with van der Waals surface area (Å²) in [6, 6.07) is 0. The summed E-state index contributed by atoms with van der Waals surface area (Å²) in [6.45, 7) is 6.41. The van der Waals surface area contributed by atoms with Crippen LogP contribution in [0.25, 0.3) is 0 Å². The molecule has 0 aromatic heterocycles. The number of thiol groups is 1. The molecule has 0 aliphatic heterocycles. The molecule has 0 aliphatic carbocycles. The number of hydrogen-bond acceptors (Lipinski definition) is 6. The predicted octanol–water partition coefficient (Wildman–Crippen LogP) is 1.51. The second-order valence-corrected chi connectivity index (χ2v) is 4.48. The van der Waals surface area contributed by atoms with Gasteiger partial charge in [0.15, 0.2) is 0 Å². The summed E-state index contributed by atoms with van der Waals surface area (Å²) in [7, 11) is 0. The van der Waals surface area contributed by atoms with Crippen LogP contribution in [0, 0.1) is 0 Å². The molecule has 0 amide bonds. The van der Waals surface area contributed by atoms with E-state index in [0.29, 0.717) is 39.1 Å². The zero-order valence-corrected chi connectivity index (χ0v) is 12.8. The summed E-state index contributed by atoms with van der Waals surface area (Å²) in [5, 5.41) is 0. The number of carbonyl (C=O) groups excluding carboxylic acids is 2. The van der Waals surface area contributed by atoms with Crippen molar-refractivity contribution in [2.75, 3.05) is 38.6 Å². The van der Waals surface area contributed by atoms with Crippen LogP contribution >= 0.6 is 12.6 Å². The number of hydrogen-bond donors (Lipinski definition) is 1. The smallest absolute Gasteiger partial charge is 0.307 e. The minimum absolute atomic E-state index is 0.200. The minimum Gasteiger partial charge on any atom is -0.466 e. The molecule has 5 nitrogen and oxygen atoms in total. The molecule has 0 rings (SSSR count). The third-order valence-corrected chi connectivity index (χ3v) is 2.82. The quantitative estimate of drug-likeness (QED) is 0.462. The van der Waals surface area contributed by atoms with Gasteiger partial charge >= 0.3 is 11.9 Å². The van der Waals surface area contributed by atoms with Gasteiger partial charge in [-0.25, -0.2) is 0 Å². The van der Waals surface area contributed by atoms with Crippen LogP contribution in [0.5, 0.6) is 0 Å². The highest BCUT2D eigenvalue weighted by Crippen LogP contribution is 2.00. The molecule has 0 fully saturated rings. The lowest BCUT2D eigenvalue weighted by molar-refractivity contribution is -0.143. The van der Waals surface area contributed by atoms with Crippen molar-refractivity contribution in [3.05, 3.63) is 0 Å². The van der Waals surface area contributed by atoms with Gasteiger partial charge in [-0.2, -0.15) is 12.6 Å². The Morgan fingerprint density at radius 3 is 1.79 bits per heavy atom. The van der Waals surface area contributed by atoms with Crippen molar-refractivity contribution in [3.63, 3.8) is 0 Å². The van der Waals surface area contributed by atoms with Crippen LogP contribution in [0.15, 0.2) is 0 Å². The molecule has 0 atom stereocenters. The molecule has 0 spiro atoms. The van der Waals surface area contributed by atoms with E-state index in [4.69, 9.17) is 9.47 Å². The van der Waals surface area contributed by atoms with E-state index in [2.05, 4.69) is 17.5 Å². The first-order chi connectivity index (χ1) is 9.13. The Kier molecular flexibility index (Phi) is 11.8. The third-order valence-electron chi connectivity index (χ3n) is 2.51. The van der Waals surface area contributed by atoms with Crippen LogP contribution in [-0.4, -0.2) is 55.4 Å². The van der Waals surface area contributed by atoms with Crippen LogP contribution < -0.4 is 0 Å². The standard InChI is InChI=1S/C13H25NO4S/c1-3-17-12(15)6-9-14(8-5-11-19)10-7-13(16)18-4-2/h19H,3-11H2,1-2H3. The van der Waals surface area contributed by atoms with Gasteiger partial charge in [-0.05, 0) is 32.6 Å². The normalized spacial score (nSPS) is 10.5. The summed E-state index contributed by atoms with van der Waals surface area (Å²) < 4.78 is 9.78. The zero-order valence-electron chi connectivity index (χ0n) is 11.9. The summed E-state index contributed by atoms with van der Waals surface area (Å²) in [4.78, 5) is 24.7. The Morgan fingerprint density at radius 2 is 1.42 bits per heavy atom. The van der Waals surface area contributed by atoms with Crippen LogP contribution in [0.2, 0.25) is 0 Å². The van der Waals surface area contributed by atoms with Gasteiger partial charge in [0.05, 0.1) is 26.1 Å². The molecule has 0 N–H and O–H groups in total. The van der Waals surface area contributed by atoms with E-state index in [-0.39, 0.29) is 11.9 Å². The second kappa shape index (κ2) is 12.3. The Balaban J connectivity index is 4.00. The Bertz CT molecular complexity index is 239. The molecule has 0 saturated heterocycles. The summed E-state index contributed by atoms with van der Waals surface area (Å²) in [6.07, 6.45) is 1.63. The molecule has 0 radical (unpaired) electrons. The van der Waals surface area contributed by atoms with Gasteiger partial charge in [0.25, 0.3) is 0 Å². The fourth-order valence-electron chi connectivity index (χ4n) is 1.59. The largest absolute Gasteiger partial charge is 0.466 e. The van der Waals surface area contributed by atoms with Gasteiger partial charge in [0, 0.05) is 13.1 Å². The lowest BCUT2D eigenvalue weighted by Crippen LogP contribution is -2.30. The van der Waals surface area contributed by atoms with Crippen molar-refractivity contribution < 1.29 is 19.1 Å². The highest BCUT2D eigenvalue weighted by atomic mass is 32.1. The van der Waals surface area contributed by atoms with Gasteiger partial charge in [0.1, 0.15) is 0 Å². The molecular formula is C13H25NO4S. The maximum atomic E-state index is 11.3. The summed E-state index contributed by atoms with van der Waals surface area (Å²) >= 11 is 4.17. The number of rotatable bonds is 11. The minimum atomic E-state index is -0.200. The molecule has 6 heteroatoms. The van der Waals surface area contributed by atoms with E-state index >= 15 is 0 Å². The van der Waals surface area contributed by atoms with E-state index in [1.807, 2.05) is 0 Å². The van der Waals surface area contributed by atoms with Gasteiger partial charge in [-0.1, -0.05) is 0 Å². The van der Waals surface area contributed by atoms with E-state index in [1.54, 1.807) is 13.8 Å². The molecule has 112 valence electrons. The molecular weight excluding hydrogens is 266 g/mol. The van der Waals surface area contributed by atoms with Crippen LogP contribution in [0.4, 0.5) is 0 Å². The second-order valence-electron chi connectivity index (χ2n) is 4.03. The summed E-state index contributed by atoms with van der Waals surface area (Å²) in [5.41, 5.74) is 0. The molecule has 0 unspecified atom stereocenters. The topological polar surface area (TPSA) is 55.8 Å². The Morgan fingerprint density at radius 1 is 0.947 bits per heavy atom. The van der Waals surface area contributed by atoms with Crippen molar-refractivity contribution in [1.29, 1.82) is 0 Å². The maximum Gasteiger partial charge on any atom is 0.307 e. The zero-order chi connectivity index (χ0) is 14.5. The van der Waals surface area contributed by atoms with Crippen LogP contribution in [0.3, 0.4) is 0 Å². The average molecular weight is 291 g/mol. The van der Waals surface area contributed by atoms with Crippen molar-refractivity contribution >= 4 is 24.6 Å². The first kappa shape index (κ1) is 18.2. The Hall–Kier alpha value is -0.750. The first-order valence-electron chi connectivity index (χ1n) is 6.78. The number of esters is 2. The third kappa shape index (κ3) is 10.8. The number of carbonyl (C=O) groups is 2. The maximum absolute atomic E-state index is 11.3. The Labute approximate surface area is 121 Å². The highest BCUT2D eigenvalue weighted by molar-refractivity contribution is 7.80. The monoisotopic (exact) mass is 291 g/mol. The molecule has 0 aliphatic rings. The lowest BCUT2D eigenvalue weighted by Gasteiger charge is -2.21. The fourth-order valence-corrected chi connectivity index (χ4v) is 1.74. The van der Waals surface area contributed by atoms with Gasteiger partial charge < -0.3 is 14.4 Å². The molecule has 0 aromatic rings. The number of nitrogens with zero attached hydrogens (tertiary/aromatic N) is 1. The van der Waals surface area contributed by atoms with Gasteiger partial charge in [-0.3, -0.25) is 9.59 Å². The van der Waals surface area contributed by atoms with Gasteiger partial charge in [0.2, 0.25) is 0 Å². The van der Waals surface area contributed by atoms with Crippen molar-refractivity contribution in [1.82, 2.24) is 4.90 Å². The van der Waals surface area contributed by atoms with Crippen molar-refractivity contribution in [3.8, 4) is 0 Å². The average Bonchev–Trinajstić information content (AvgIpc) is 2.38. The van der Waals surface area contributed by atoms with Crippen LogP contribution in [0.1, 0.15) is 33.1 Å². The molecule has 0 aromatic carbocycles. The molecule has 0 saturated carbocycles. The van der Waals surface area contributed by atoms with Crippen molar-refractivity contribution in [2.24, 2.45) is 0 Å². The van der Waals surface area contributed by atoms with Gasteiger partial charge in [-0.15, -0.1) is 0 Å². The van der Waals surface area contributed by atoms with E-state index in [0.717, 1.165) is 18.7 Å². The van der Waals surface area contributed by atoms with E-state index < -0.39 is 0 Å². The lowest BCUT2D eigenvalue weighted by atomic mass is 10.3. The number of ether oxygens (including phenoxy) is 2. The predicted molar refractivity (Wildman–Crippen MR) is 77.4 cm³/mol. The first-order valence-corrected chi connectivity index (χ1v) is 7.41. The fraction of sp³-hybridized carbons (Fsp3) is 0.846. The van der Waals surface area contributed by atoms with Crippen molar-refractivity contribution in [2.45, 2.75) is 33.1 Å². The molecule has 0 bridgehead atoms. The van der Waals surface area contributed by atoms with Crippen LogP contribution in [-0.2, 0) is 19.1 Å². The molecule has 0 heterocycles. The molecule has 19 heavy (non-hydrogen) atoms.